The van der Waals surface area contributed by atoms with Crippen molar-refractivity contribution in [2.45, 2.75) is 0 Å². The lowest BCUT2D eigenvalue weighted by Crippen LogP contribution is -2.06. The highest BCUT2D eigenvalue weighted by Crippen LogP contribution is 2.39. The molecule has 13 rings (SSSR count). The van der Waals surface area contributed by atoms with Gasteiger partial charge >= 0.3 is 0 Å². The van der Waals surface area contributed by atoms with E-state index in [-0.39, 0.29) is 0 Å². The second kappa shape index (κ2) is 13.9. The van der Waals surface area contributed by atoms with Crippen LogP contribution in [0.5, 0.6) is 0 Å². The summed E-state index contributed by atoms with van der Waals surface area (Å²) in [7, 11) is 0. The highest BCUT2D eigenvalue weighted by atomic mass is 16.3. The molecule has 0 amide bonds. The van der Waals surface area contributed by atoms with Gasteiger partial charge in [0.15, 0.2) is 23.1 Å². The van der Waals surface area contributed by atoms with E-state index in [1.165, 1.54) is 5.56 Å². The number of aromatic nitrogens is 6. The maximum Gasteiger partial charge on any atom is 0.238 e. The van der Waals surface area contributed by atoms with Crippen LogP contribution in [-0.2, 0) is 0 Å². The van der Waals surface area contributed by atoms with E-state index in [2.05, 4.69) is 89.5 Å². The molecule has 294 valence electrons. The van der Waals surface area contributed by atoms with E-state index in [0.717, 1.165) is 93.7 Å². The minimum Gasteiger partial charge on any atom is -0.456 e. The molecule has 0 fully saturated rings. The summed E-state index contributed by atoms with van der Waals surface area (Å²) in [6.45, 7) is 0. The van der Waals surface area contributed by atoms with Gasteiger partial charge in [0.05, 0.1) is 11.0 Å². The minimum atomic E-state index is 0.538. The van der Waals surface area contributed by atoms with Gasteiger partial charge in [-0.25, -0.2) is 15.0 Å². The van der Waals surface area contributed by atoms with Crippen molar-refractivity contribution in [3.05, 3.63) is 194 Å². The molecule has 13 aromatic rings. The van der Waals surface area contributed by atoms with E-state index >= 15 is 0 Å². The zero-order valence-electron chi connectivity index (χ0n) is 33.5. The van der Waals surface area contributed by atoms with E-state index in [1.54, 1.807) is 0 Å². The molecule has 0 atom stereocenters. The van der Waals surface area contributed by atoms with Crippen LogP contribution in [0.25, 0.3) is 128 Å². The third kappa shape index (κ3) is 5.73. The third-order valence-corrected chi connectivity index (χ3v) is 11.9. The Morgan fingerprint density at radius 2 is 0.905 bits per heavy atom. The molecule has 0 aliphatic carbocycles. The molecule has 0 radical (unpaired) electrons. The smallest absolute Gasteiger partial charge is 0.238 e. The molecule has 5 aromatic heterocycles. The number of hydrogen-bond donors (Lipinski definition) is 0. The van der Waals surface area contributed by atoms with Crippen molar-refractivity contribution in [1.82, 2.24) is 29.5 Å². The van der Waals surface area contributed by atoms with Gasteiger partial charge in [-0.2, -0.15) is 9.97 Å². The first-order chi connectivity index (χ1) is 31.2. The number of para-hydroxylation sites is 2. The van der Waals surface area contributed by atoms with Gasteiger partial charge in [0.25, 0.3) is 0 Å². The van der Waals surface area contributed by atoms with Gasteiger partial charge < -0.3 is 8.83 Å². The quantitative estimate of drug-likeness (QED) is 0.165. The number of hydrogen-bond acceptors (Lipinski definition) is 7. The fraction of sp³-hybridized carbons (Fsp3) is 0. The van der Waals surface area contributed by atoms with E-state index in [9.17, 15) is 0 Å². The molecular weight excluding hydrogens is 777 g/mol. The van der Waals surface area contributed by atoms with Gasteiger partial charge in [0.1, 0.15) is 28.0 Å². The van der Waals surface area contributed by atoms with Crippen LogP contribution in [0.2, 0.25) is 0 Å². The third-order valence-electron chi connectivity index (χ3n) is 11.9. The Labute approximate surface area is 359 Å². The molecule has 8 aromatic carbocycles. The van der Waals surface area contributed by atoms with Gasteiger partial charge in [-0.1, -0.05) is 133 Å². The Balaban J connectivity index is 0.958. The average molecular weight is 809 g/mol. The molecule has 0 aliphatic heterocycles. The largest absolute Gasteiger partial charge is 0.456 e. The number of furan rings is 2. The summed E-state index contributed by atoms with van der Waals surface area (Å²) in [6, 6.07) is 65.9. The minimum absolute atomic E-state index is 0.538. The molecule has 0 spiro atoms. The SMILES string of the molecule is c1ccc(-c2ccc3c(c2)c2ccccc2n3-c2nc(-c3ccccc3)nc(-c3ccc4oc5cc(-c6nc(-c7ccccc7)c7oc8ccccc8c7n6)ccc5c4c3)n2)cc1. The van der Waals surface area contributed by atoms with Crippen molar-refractivity contribution in [2.75, 3.05) is 0 Å². The van der Waals surface area contributed by atoms with Crippen molar-refractivity contribution in [2.24, 2.45) is 0 Å². The summed E-state index contributed by atoms with van der Waals surface area (Å²) < 4.78 is 15.0. The average Bonchev–Trinajstić information content (AvgIpc) is 4.03. The molecule has 5 heterocycles. The van der Waals surface area contributed by atoms with Gasteiger partial charge in [0.2, 0.25) is 5.95 Å². The van der Waals surface area contributed by atoms with Crippen LogP contribution in [0.1, 0.15) is 0 Å². The van der Waals surface area contributed by atoms with E-state index in [4.69, 9.17) is 33.8 Å². The molecule has 63 heavy (non-hydrogen) atoms. The van der Waals surface area contributed by atoms with Crippen molar-refractivity contribution in [3.8, 4) is 62.5 Å². The Bertz CT molecular complexity index is 3910. The molecule has 8 nitrogen and oxygen atoms in total. The van der Waals surface area contributed by atoms with Crippen LogP contribution >= 0.6 is 0 Å². The van der Waals surface area contributed by atoms with Gasteiger partial charge in [0, 0.05) is 49.2 Å². The Kier molecular flexibility index (Phi) is 7.74. The highest BCUT2D eigenvalue weighted by Gasteiger charge is 2.21. The summed E-state index contributed by atoms with van der Waals surface area (Å²) >= 11 is 0. The second-order valence-corrected chi connectivity index (χ2v) is 15.7. The van der Waals surface area contributed by atoms with Gasteiger partial charge in [-0.3, -0.25) is 4.57 Å². The summed E-state index contributed by atoms with van der Waals surface area (Å²) in [5.74, 6) is 2.27. The predicted molar refractivity (Wildman–Crippen MR) is 251 cm³/mol. The summed E-state index contributed by atoms with van der Waals surface area (Å²) in [5.41, 5.74) is 12.3. The first-order valence-electron chi connectivity index (χ1n) is 20.8. The Morgan fingerprint density at radius 1 is 0.317 bits per heavy atom. The summed E-state index contributed by atoms with van der Waals surface area (Å²) in [5, 5.41) is 5.10. The number of nitrogens with zero attached hydrogens (tertiary/aromatic N) is 6. The Morgan fingerprint density at radius 3 is 1.71 bits per heavy atom. The number of benzene rings is 8. The fourth-order valence-electron chi connectivity index (χ4n) is 8.88. The van der Waals surface area contributed by atoms with Crippen LogP contribution in [0.4, 0.5) is 0 Å². The highest BCUT2D eigenvalue weighted by molar-refractivity contribution is 6.11. The van der Waals surface area contributed by atoms with E-state index < -0.39 is 0 Å². The fourth-order valence-corrected chi connectivity index (χ4v) is 8.88. The Hall–Kier alpha value is -8.75. The molecule has 0 unspecified atom stereocenters. The summed E-state index contributed by atoms with van der Waals surface area (Å²) in [4.78, 5) is 25.7. The van der Waals surface area contributed by atoms with Gasteiger partial charge in [-0.05, 0) is 71.8 Å². The standard InChI is InChI=1S/C55H32N6O2/c1-4-14-33(15-5-1)36-25-28-45-42(30-36)39-20-10-12-22-44(39)61(45)55-59-52(35-18-8-3-9-19-35)58-54(60-55)37-26-29-47-43(31-37)40-27-24-38(32-48(40)62-47)53-56-49(34-16-6-2-7-17-34)51-50(57-53)41-21-11-13-23-46(41)63-51/h1-32H. The molecule has 0 N–H and O–H groups in total. The summed E-state index contributed by atoms with van der Waals surface area (Å²) in [6.07, 6.45) is 0. The topological polar surface area (TPSA) is 95.7 Å². The molecular formula is C55H32N6O2. The first-order valence-corrected chi connectivity index (χ1v) is 20.8. The normalized spacial score (nSPS) is 11.8. The molecule has 8 heteroatoms. The zero-order chi connectivity index (χ0) is 41.4. The maximum atomic E-state index is 6.55. The first kappa shape index (κ1) is 35.0. The van der Waals surface area contributed by atoms with Crippen molar-refractivity contribution >= 4 is 65.8 Å². The lowest BCUT2D eigenvalue weighted by molar-refractivity contribution is 0.667. The zero-order valence-corrected chi connectivity index (χ0v) is 33.5. The molecule has 0 saturated carbocycles. The predicted octanol–water partition coefficient (Wildman–Crippen LogP) is 13.9. The van der Waals surface area contributed by atoms with Crippen LogP contribution in [-0.4, -0.2) is 29.5 Å². The monoisotopic (exact) mass is 808 g/mol. The van der Waals surface area contributed by atoms with Crippen molar-refractivity contribution in [1.29, 1.82) is 0 Å². The number of fused-ring (bicyclic) bond motifs is 9. The second-order valence-electron chi connectivity index (χ2n) is 15.7. The van der Waals surface area contributed by atoms with Crippen molar-refractivity contribution < 1.29 is 8.83 Å². The molecule has 0 aliphatic rings. The lowest BCUT2D eigenvalue weighted by atomic mass is 10.0. The molecule has 0 bridgehead atoms. The molecule has 0 saturated heterocycles. The lowest BCUT2D eigenvalue weighted by Gasteiger charge is -2.11. The van der Waals surface area contributed by atoms with Crippen LogP contribution in [0, 0.1) is 0 Å². The van der Waals surface area contributed by atoms with Crippen LogP contribution < -0.4 is 0 Å². The van der Waals surface area contributed by atoms with E-state index in [1.807, 2.05) is 109 Å². The van der Waals surface area contributed by atoms with Crippen molar-refractivity contribution in [3.63, 3.8) is 0 Å². The number of rotatable bonds is 6. The van der Waals surface area contributed by atoms with Crippen LogP contribution in [0.15, 0.2) is 203 Å². The van der Waals surface area contributed by atoms with Gasteiger partial charge in [-0.15, -0.1) is 0 Å². The maximum absolute atomic E-state index is 6.55. The van der Waals surface area contributed by atoms with Crippen LogP contribution in [0.3, 0.4) is 0 Å². The van der Waals surface area contributed by atoms with E-state index in [0.29, 0.717) is 29.0 Å².